The van der Waals surface area contributed by atoms with Crippen molar-refractivity contribution in [3.05, 3.63) is 0 Å². The van der Waals surface area contributed by atoms with Crippen molar-refractivity contribution in [3.8, 4) is 0 Å². The van der Waals surface area contributed by atoms with Crippen molar-refractivity contribution in [2.75, 3.05) is 26.5 Å². The van der Waals surface area contributed by atoms with Crippen molar-refractivity contribution in [2.45, 2.75) is 44.8 Å². The summed E-state index contributed by atoms with van der Waals surface area (Å²) < 4.78 is 29.7. The molecule has 1 heterocycles. The lowest BCUT2D eigenvalue weighted by molar-refractivity contribution is -0.0275. The van der Waals surface area contributed by atoms with Crippen LogP contribution in [0.2, 0.25) is 0 Å². The van der Waals surface area contributed by atoms with Crippen LogP contribution in [0.4, 0.5) is 0 Å². The van der Waals surface area contributed by atoms with Gasteiger partial charge in [0.05, 0.1) is 18.5 Å². The van der Waals surface area contributed by atoms with Gasteiger partial charge in [0, 0.05) is 20.2 Å². The highest BCUT2D eigenvalue weighted by atomic mass is 32.2. The van der Waals surface area contributed by atoms with E-state index in [0.29, 0.717) is 19.5 Å². The smallest absolute Gasteiger partial charge is 0.211 e. The molecule has 3 unspecified atom stereocenters. The van der Waals surface area contributed by atoms with Crippen molar-refractivity contribution in [2.24, 2.45) is 5.92 Å². The Labute approximate surface area is 110 Å². The fourth-order valence-corrected chi connectivity index (χ4v) is 3.55. The molecule has 18 heavy (non-hydrogen) atoms. The summed E-state index contributed by atoms with van der Waals surface area (Å²) in [6.07, 6.45) is 3.80. The molecule has 0 bridgehead atoms. The van der Waals surface area contributed by atoms with Gasteiger partial charge in [-0.2, -0.15) is 0 Å². The van der Waals surface area contributed by atoms with Crippen molar-refractivity contribution in [3.63, 3.8) is 0 Å². The summed E-state index contributed by atoms with van der Waals surface area (Å²) in [4.78, 5) is 0. The Morgan fingerprint density at radius 3 is 2.67 bits per heavy atom. The van der Waals surface area contributed by atoms with Gasteiger partial charge in [-0.05, 0) is 31.6 Å². The maximum Gasteiger partial charge on any atom is 0.211 e. The molecular formula is C12H25NO4S. The van der Waals surface area contributed by atoms with Crippen molar-refractivity contribution >= 4 is 10.0 Å². The van der Waals surface area contributed by atoms with Gasteiger partial charge in [0.15, 0.2) is 0 Å². The van der Waals surface area contributed by atoms with Crippen molar-refractivity contribution in [1.82, 2.24) is 4.31 Å². The molecular weight excluding hydrogens is 254 g/mol. The van der Waals surface area contributed by atoms with E-state index in [1.165, 1.54) is 10.6 Å². The second-order valence-corrected chi connectivity index (χ2v) is 7.10. The molecule has 0 amide bonds. The van der Waals surface area contributed by atoms with Crippen molar-refractivity contribution in [1.29, 1.82) is 0 Å². The Kier molecular flexibility index (Phi) is 6.04. The lowest BCUT2D eigenvalue weighted by Gasteiger charge is -2.33. The number of aliphatic hydroxyl groups excluding tert-OH is 1. The topological polar surface area (TPSA) is 66.8 Å². The zero-order chi connectivity index (χ0) is 13.8. The van der Waals surface area contributed by atoms with E-state index in [-0.39, 0.29) is 12.0 Å². The van der Waals surface area contributed by atoms with Gasteiger partial charge in [0.1, 0.15) is 0 Å². The minimum absolute atomic E-state index is 0.154. The molecule has 1 aliphatic rings. The number of sulfonamides is 1. The molecule has 6 heteroatoms. The standard InChI is InChI=1S/C12H25NO4S/c1-4-12(17-2)11(14)8-10-6-5-7-13(9-10)18(3,15)16/h10-12,14H,4-9H2,1-3H3. The molecule has 0 aromatic rings. The number of hydrogen-bond acceptors (Lipinski definition) is 4. The van der Waals surface area contributed by atoms with Crippen LogP contribution in [-0.4, -0.2) is 56.5 Å². The van der Waals surface area contributed by atoms with Gasteiger partial charge < -0.3 is 9.84 Å². The Morgan fingerprint density at radius 1 is 1.50 bits per heavy atom. The van der Waals surface area contributed by atoms with Crippen LogP contribution in [0.1, 0.15) is 32.6 Å². The van der Waals surface area contributed by atoms with E-state index in [2.05, 4.69) is 0 Å². The molecule has 0 saturated carbocycles. The second kappa shape index (κ2) is 6.84. The van der Waals surface area contributed by atoms with Crippen molar-refractivity contribution < 1.29 is 18.3 Å². The van der Waals surface area contributed by atoms with Gasteiger partial charge in [0.25, 0.3) is 0 Å². The Hall–Kier alpha value is -0.170. The lowest BCUT2D eigenvalue weighted by atomic mass is 9.91. The van der Waals surface area contributed by atoms with Crippen LogP contribution in [0.3, 0.4) is 0 Å². The Balaban J connectivity index is 2.52. The molecule has 0 radical (unpaired) electrons. The Morgan fingerprint density at radius 2 is 2.17 bits per heavy atom. The zero-order valence-electron chi connectivity index (χ0n) is 11.5. The van der Waals surface area contributed by atoms with E-state index in [1.54, 1.807) is 7.11 Å². The summed E-state index contributed by atoms with van der Waals surface area (Å²) in [6, 6.07) is 0. The molecule has 0 spiro atoms. The van der Waals surface area contributed by atoms with E-state index in [0.717, 1.165) is 19.3 Å². The van der Waals surface area contributed by atoms with Gasteiger partial charge in [0.2, 0.25) is 10.0 Å². The van der Waals surface area contributed by atoms with Crippen LogP contribution in [0.5, 0.6) is 0 Å². The van der Waals surface area contributed by atoms with Gasteiger partial charge >= 0.3 is 0 Å². The molecule has 0 aliphatic carbocycles. The number of ether oxygens (including phenoxy) is 1. The summed E-state index contributed by atoms with van der Waals surface area (Å²) in [5, 5.41) is 10.1. The third kappa shape index (κ3) is 4.50. The molecule has 5 nitrogen and oxygen atoms in total. The molecule has 1 saturated heterocycles. The predicted octanol–water partition coefficient (Wildman–Crippen LogP) is 0.834. The number of aliphatic hydroxyl groups is 1. The molecule has 0 aromatic carbocycles. The summed E-state index contributed by atoms with van der Waals surface area (Å²) >= 11 is 0. The maximum atomic E-state index is 11.5. The highest BCUT2D eigenvalue weighted by Gasteiger charge is 2.29. The fourth-order valence-electron chi connectivity index (χ4n) is 2.61. The summed E-state index contributed by atoms with van der Waals surface area (Å²) in [5.74, 6) is 0.229. The summed E-state index contributed by atoms with van der Waals surface area (Å²) in [7, 11) is -1.51. The van der Waals surface area contributed by atoms with Crippen LogP contribution >= 0.6 is 0 Å². The predicted molar refractivity (Wildman–Crippen MR) is 70.9 cm³/mol. The molecule has 108 valence electrons. The third-order valence-electron chi connectivity index (χ3n) is 3.66. The lowest BCUT2D eigenvalue weighted by Crippen LogP contribution is -2.41. The normalized spacial score (nSPS) is 25.9. The number of nitrogens with zero attached hydrogens (tertiary/aromatic N) is 1. The Bertz CT molecular complexity index is 340. The van der Waals surface area contributed by atoms with E-state index in [1.807, 2.05) is 6.92 Å². The first-order valence-electron chi connectivity index (χ1n) is 6.54. The number of hydrogen-bond donors (Lipinski definition) is 1. The van der Waals surface area contributed by atoms with Crippen LogP contribution in [0.25, 0.3) is 0 Å². The van der Waals surface area contributed by atoms with Gasteiger partial charge in [-0.1, -0.05) is 6.92 Å². The van der Waals surface area contributed by atoms with E-state index in [9.17, 15) is 13.5 Å². The monoisotopic (exact) mass is 279 g/mol. The fraction of sp³-hybridized carbons (Fsp3) is 1.00. The van der Waals surface area contributed by atoms with Gasteiger partial charge in [-0.3, -0.25) is 0 Å². The summed E-state index contributed by atoms with van der Waals surface area (Å²) in [5.41, 5.74) is 0. The van der Waals surface area contributed by atoms with Crippen LogP contribution in [0, 0.1) is 5.92 Å². The van der Waals surface area contributed by atoms with Gasteiger partial charge in [-0.25, -0.2) is 12.7 Å². The first-order valence-corrected chi connectivity index (χ1v) is 8.39. The molecule has 0 aromatic heterocycles. The van der Waals surface area contributed by atoms with Crippen LogP contribution in [-0.2, 0) is 14.8 Å². The third-order valence-corrected chi connectivity index (χ3v) is 4.93. The summed E-state index contributed by atoms with van der Waals surface area (Å²) in [6.45, 7) is 3.10. The molecule has 1 N–H and O–H groups in total. The molecule has 1 fully saturated rings. The number of piperidine rings is 1. The zero-order valence-corrected chi connectivity index (χ0v) is 12.3. The molecule has 3 atom stereocenters. The quantitative estimate of drug-likeness (QED) is 0.782. The average Bonchev–Trinajstić information content (AvgIpc) is 2.29. The van der Waals surface area contributed by atoms with E-state index < -0.39 is 16.1 Å². The largest absolute Gasteiger partial charge is 0.390 e. The highest BCUT2D eigenvalue weighted by Crippen LogP contribution is 2.24. The SMILES string of the molecule is CCC(OC)C(O)CC1CCCN(S(C)(=O)=O)C1. The number of methoxy groups -OCH3 is 1. The average molecular weight is 279 g/mol. The van der Waals surface area contributed by atoms with Crippen LogP contribution in [0.15, 0.2) is 0 Å². The highest BCUT2D eigenvalue weighted by molar-refractivity contribution is 7.88. The minimum atomic E-state index is -3.11. The minimum Gasteiger partial charge on any atom is -0.390 e. The number of rotatable bonds is 6. The first-order chi connectivity index (χ1) is 8.38. The first kappa shape index (κ1) is 15.9. The van der Waals surface area contributed by atoms with E-state index >= 15 is 0 Å². The van der Waals surface area contributed by atoms with Gasteiger partial charge in [-0.15, -0.1) is 0 Å². The van der Waals surface area contributed by atoms with Crippen LogP contribution < -0.4 is 0 Å². The molecule has 1 rings (SSSR count). The van der Waals surface area contributed by atoms with E-state index in [4.69, 9.17) is 4.74 Å². The maximum absolute atomic E-state index is 11.5. The molecule has 1 aliphatic heterocycles. The second-order valence-electron chi connectivity index (χ2n) is 5.11.